The molecule has 0 atom stereocenters. The maximum atomic E-state index is 11.7. The lowest BCUT2D eigenvalue weighted by atomic mass is 9.82. The third-order valence-electron chi connectivity index (χ3n) is 2.46. The van der Waals surface area contributed by atoms with Gasteiger partial charge in [-0.15, -0.1) is 0 Å². The van der Waals surface area contributed by atoms with Gasteiger partial charge < -0.3 is 0 Å². The molecule has 0 rings (SSSR count). The molecule has 0 aromatic heterocycles. The van der Waals surface area contributed by atoms with Crippen LogP contribution in [0.25, 0.3) is 0 Å². The van der Waals surface area contributed by atoms with Gasteiger partial charge in [-0.25, -0.2) is 0 Å². The highest BCUT2D eigenvalue weighted by molar-refractivity contribution is 4.87. The van der Waals surface area contributed by atoms with Crippen LogP contribution < -0.4 is 0 Å². The third-order valence-corrected chi connectivity index (χ3v) is 2.46. The second-order valence-electron chi connectivity index (χ2n) is 3.22. The quantitative estimate of drug-likeness (QED) is 0.586. The maximum absolute atomic E-state index is 11.7. The van der Waals surface area contributed by atoms with Gasteiger partial charge in [-0.05, 0) is 17.9 Å². The topological polar surface area (TPSA) is 0 Å². The molecule has 0 aromatic rings. The largest absolute Gasteiger partial charge is 0.266 e. The number of allylic oxidation sites excluding steroid dienone is 1. The van der Waals surface area contributed by atoms with Gasteiger partial charge in [-0.2, -0.15) is 8.78 Å². The monoisotopic (exact) mass is 162 g/mol. The molecule has 0 saturated carbocycles. The molecular formula is C9H16F2. The summed E-state index contributed by atoms with van der Waals surface area (Å²) in [6.07, 6.45) is 1.86. The summed E-state index contributed by atoms with van der Waals surface area (Å²) in [5.74, 6) is 0. The van der Waals surface area contributed by atoms with E-state index in [4.69, 9.17) is 0 Å². The number of halogens is 2. The van der Waals surface area contributed by atoms with E-state index in [1.54, 1.807) is 0 Å². The van der Waals surface area contributed by atoms with Crippen LogP contribution in [0.3, 0.4) is 0 Å². The molecule has 0 fully saturated rings. The standard InChI is InChI=1S/C9H16F2/c1-4-9(3,5-2)7-6-8(10)11/h6H,4-5,7H2,1-3H3. The average molecular weight is 162 g/mol. The van der Waals surface area contributed by atoms with Crippen molar-refractivity contribution in [3.63, 3.8) is 0 Å². The molecule has 0 radical (unpaired) electrons. The molecule has 0 unspecified atom stereocenters. The Morgan fingerprint density at radius 3 is 2.00 bits per heavy atom. The molecule has 0 bridgehead atoms. The van der Waals surface area contributed by atoms with Crippen LogP contribution in [0.4, 0.5) is 8.78 Å². The SMILES string of the molecule is CCC(C)(CC)CC=C(F)F. The van der Waals surface area contributed by atoms with Crippen LogP contribution in [0.5, 0.6) is 0 Å². The zero-order valence-corrected chi connectivity index (χ0v) is 7.45. The summed E-state index contributed by atoms with van der Waals surface area (Å²) < 4.78 is 23.4. The molecule has 0 aliphatic heterocycles. The lowest BCUT2D eigenvalue weighted by Gasteiger charge is -2.24. The van der Waals surface area contributed by atoms with Crippen molar-refractivity contribution in [2.24, 2.45) is 5.41 Å². The van der Waals surface area contributed by atoms with Crippen molar-refractivity contribution in [1.82, 2.24) is 0 Å². The first-order valence-electron chi connectivity index (χ1n) is 4.05. The molecule has 0 amide bonds. The Morgan fingerprint density at radius 1 is 1.27 bits per heavy atom. The minimum Gasteiger partial charge on any atom is -0.174 e. The first-order chi connectivity index (χ1) is 5.04. The third kappa shape index (κ3) is 4.12. The van der Waals surface area contributed by atoms with E-state index >= 15 is 0 Å². The fraction of sp³-hybridized carbons (Fsp3) is 0.778. The smallest absolute Gasteiger partial charge is 0.174 e. The van der Waals surface area contributed by atoms with E-state index in [9.17, 15) is 8.78 Å². The van der Waals surface area contributed by atoms with Gasteiger partial charge in [-0.1, -0.05) is 33.6 Å². The van der Waals surface area contributed by atoms with Crippen LogP contribution in [-0.2, 0) is 0 Å². The predicted octanol–water partition coefficient (Wildman–Crippen LogP) is 3.98. The van der Waals surface area contributed by atoms with Gasteiger partial charge in [0.25, 0.3) is 6.08 Å². The summed E-state index contributed by atoms with van der Waals surface area (Å²) in [7, 11) is 0. The van der Waals surface area contributed by atoms with Crippen LogP contribution in [-0.4, -0.2) is 0 Å². The Bertz CT molecular complexity index is 130. The van der Waals surface area contributed by atoms with E-state index < -0.39 is 6.08 Å². The van der Waals surface area contributed by atoms with Crippen molar-refractivity contribution in [2.45, 2.75) is 40.0 Å². The van der Waals surface area contributed by atoms with Crippen LogP contribution in [0.15, 0.2) is 12.2 Å². The maximum Gasteiger partial charge on any atom is 0.266 e. The Hall–Kier alpha value is -0.400. The first kappa shape index (κ1) is 10.6. The Morgan fingerprint density at radius 2 is 1.73 bits per heavy atom. The van der Waals surface area contributed by atoms with Crippen molar-refractivity contribution < 1.29 is 8.78 Å². The van der Waals surface area contributed by atoms with E-state index in [1.807, 2.05) is 20.8 Å². The molecule has 0 spiro atoms. The van der Waals surface area contributed by atoms with E-state index in [1.165, 1.54) is 0 Å². The summed E-state index contributed by atoms with van der Waals surface area (Å²) in [6, 6.07) is 0. The van der Waals surface area contributed by atoms with Gasteiger partial charge in [0.05, 0.1) is 0 Å². The van der Waals surface area contributed by atoms with E-state index in [0.29, 0.717) is 6.42 Å². The molecule has 0 saturated heterocycles. The van der Waals surface area contributed by atoms with Crippen molar-refractivity contribution >= 4 is 0 Å². The average Bonchev–Trinajstić information content (AvgIpc) is 2.00. The summed E-state index contributed by atoms with van der Waals surface area (Å²) in [5.41, 5.74) is 0.0590. The summed E-state index contributed by atoms with van der Waals surface area (Å²) in [5, 5.41) is 0. The van der Waals surface area contributed by atoms with E-state index in [2.05, 4.69) is 0 Å². The fourth-order valence-corrected chi connectivity index (χ4v) is 0.862. The lowest BCUT2D eigenvalue weighted by Crippen LogP contribution is -2.11. The van der Waals surface area contributed by atoms with Crippen LogP contribution >= 0.6 is 0 Å². The molecule has 11 heavy (non-hydrogen) atoms. The molecule has 0 aromatic carbocycles. The molecule has 0 aliphatic rings. The van der Waals surface area contributed by atoms with E-state index in [-0.39, 0.29) is 5.41 Å². The van der Waals surface area contributed by atoms with Gasteiger partial charge in [-0.3, -0.25) is 0 Å². The summed E-state index contributed by atoms with van der Waals surface area (Å²) in [4.78, 5) is 0. The highest BCUT2D eigenvalue weighted by atomic mass is 19.3. The number of rotatable bonds is 4. The Balaban J connectivity index is 3.98. The fourth-order valence-electron chi connectivity index (χ4n) is 0.862. The minimum atomic E-state index is -1.56. The summed E-state index contributed by atoms with van der Waals surface area (Å²) in [6.45, 7) is 6.10. The molecule has 66 valence electrons. The zero-order valence-electron chi connectivity index (χ0n) is 7.45. The second kappa shape index (κ2) is 4.47. The molecular weight excluding hydrogens is 146 g/mol. The molecule has 0 nitrogen and oxygen atoms in total. The van der Waals surface area contributed by atoms with Crippen LogP contribution in [0, 0.1) is 5.41 Å². The number of hydrogen-bond donors (Lipinski definition) is 0. The Labute approximate surface area is 67.3 Å². The van der Waals surface area contributed by atoms with E-state index in [0.717, 1.165) is 18.9 Å². The Kier molecular flexibility index (Phi) is 4.31. The van der Waals surface area contributed by atoms with Crippen molar-refractivity contribution in [3.8, 4) is 0 Å². The number of hydrogen-bond acceptors (Lipinski definition) is 0. The zero-order chi connectivity index (χ0) is 8.91. The summed E-state index contributed by atoms with van der Waals surface area (Å²) >= 11 is 0. The lowest BCUT2D eigenvalue weighted by molar-refractivity contribution is 0.294. The van der Waals surface area contributed by atoms with Crippen LogP contribution in [0.1, 0.15) is 40.0 Å². The minimum absolute atomic E-state index is 0.0590. The highest BCUT2D eigenvalue weighted by Gasteiger charge is 2.17. The van der Waals surface area contributed by atoms with Gasteiger partial charge in [0.2, 0.25) is 0 Å². The van der Waals surface area contributed by atoms with Crippen molar-refractivity contribution in [3.05, 3.63) is 12.2 Å². The predicted molar refractivity (Wildman–Crippen MR) is 43.6 cm³/mol. The molecule has 2 heteroatoms. The first-order valence-corrected chi connectivity index (χ1v) is 4.05. The second-order valence-corrected chi connectivity index (χ2v) is 3.22. The van der Waals surface area contributed by atoms with Gasteiger partial charge in [0.15, 0.2) is 0 Å². The van der Waals surface area contributed by atoms with Crippen LogP contribution in [0.2, 0.25) is 0 Å². The van der Waals surface area contributed by atoms with Gasteiger partial charge in [0, 0.05) is 0 Å². The molecule has 0 aliphatic carbocycles. The van der Waals surface area contributed by atoms with Gasteiger partial charge >= 0.3 is 0 Å². The van der Waals surface area contributed by atoms with Gasteiger partial charge in [0.1, 0.15) is 0 Å². The van der Waals surface area contributed by atoms with Crippen molar-refractivity contribution in [1.29, 1.82) is 0 Å². The molecule has 0 N–H and O–H groups in total. The normalized spacial score (nSPS) is 11.4. The van der Waals surface area contributed by atoms with Crippen molar-refractivity contribution in [2.75, 3.05) is 0 Å². The molecule has 0 heterocycles. The highest BCUT2D eigenvalue weighted by Crippen LogP contribution is 2.30.